The van der Waals surface area contributed by atoms with Gasteiger partial charge >= 0.3 is 0 Å². The summed E-state index contributed by atoms with van der Waals surface area (Å²) in [5.41, 5.74) is 1.54. The summed E-state index contributed by atoms with van der Waals surface area (Å²) < 4.78 is 16.2. The van der Waals surface area contributed by atoms with Gasteiger partial charge in [-0.1, -0.05) is 12.1 Å². The Balaban J connectivity index is 2.42. The molecular formula is C15H19N3O3. The number of nitrogens with one attached hydrogen (secondary N) is 1. The van der Waals surface area contributed by atoms with E-state index in [0.717, 1.165) is 11.3 Å². The summed E-state index contributed by atoms with van der Waals surface area (Å²) >= 11 is 0. The van der Waals surface area contributed by atoms with Crippen LogP contribution in [0.4, 0.5) is 5.82 Å². The van der Waals surface area contributed by atoms with Gasteiger partial charge in [-0.3, -0.25) is 0 Å². The molecule has 0 saturated heterocycles. The van der Waals surface area contributed by atoms with Gasteiger partial charge in [-0.2, -0.15) is 0 Å². The third kappa shape index (κ3) is 3.41. The molecule has 0 spiro atoms. The zero-order valence-electron chi connectivity index (χ0n) is 12.4. The summed E-state index contributed by atoms with van der Waals surface area (Å²) in [6.45, 7) is 0.997. The standard InChI is InChI=1S/C15H19N3O3/c1-16-15-14(20-3)13(17-10-18-15)11-6-4-5-7-12(11)21-9-8-19-2/h4-7,10H,8-9H2,1-3H3,(H,16,17,18). The second-order valence-corrected chi connectivity index (χ2v) is 4.19. The van der Waals surface area contributed by atoms with E-state index < -0.39 is 0 Å². The van der Waals surface area contributed by atoms with Gasteiger partial charge in [0.15, 0.2) is 11.6 Å². The molecule has 0 unspecified atom stereocenters. The summed E-state index contributed by atoms with van der Waals surface area (Å²) in [7, 11) is 5.02. The first-order valence-corrected chi connectivity index (χ1v) is 6.59. The van der Waals surface area contributed by atoms with Gasteiger partial charge in [0.25, 0.3) is 0 Å². The van der Waals surface area contributed by atoms with Crippen molar-refractivity contribution in [3.05, 3.63) is 30.6 Å². The molecule has 0 amide bonds. The van der Waals surface area contributed by atoms with E-state index in [1.54, 1.807) is 21.3 Å². The van der Waals surface area contributed by atoms with E-state index in [9.17, 15) is 0 Å². The first kappa shape index (κ1) is 15.1. The van der Waals surface area contributed by atoms with E-state index >= 15 is 0 Å². The molecule has 0 fully saturated rings. The number of hydrogen-bond acceptors (Lipinski definition) is 6. The lowest BCUT2D eigenvalue weighted by atomic mass is 10.1. The van der Waals surface area contributed by atoms with Crippen LogP contribution in [0.2, 0.25) is 0 Å². The van der Waals surface area contributed by atoms with Gasteiger partial charge in [0.2, 0.25) is 0 Å². The molecule has 1 heterocycles. The zero-order valence-corrected chi connectivity index (χ0v) is 12.4. The first-order valence-electron chi connectivity index (χ1n) is 6.59. The molecule has 0 atom stereocenters. The first-order chi connectivity index (χ1) is 10.3. The molecule has 6 nitrogen and oxygen atoms in total. The lowest BCUT2D eigenvalue weighted by Gasteiger charge is -2.14. The van der Waals surface area contributed by atoms with E-state index in [2.05, 4.69) is 15.3 Å². The number of methoxy groups -OCH3 is 2. The predicted octanol–water partition coefficient (Wildman–Crippen LogP) is 2.22. The SMILES string of the molecule is CNc1ncnc(-c2ccccc2OCCOC)c1OC. The van der Waals surface area contributed by atoms with Crippen LogP contribution < -0.4 is 14.8 Å². The maximum absolute atomic E-state index is 5.74. The lowest BCUT2D eigenvalue weighted by molar-refractivity contribution is 0.146. The predicted molar refractivity (Wildman–Crippen MR) is 80.9 cm³/mol. The number of aromatic nitrogens is 2. The molecule has 21 heavy (non-hydrogen) atoms. The minimum atomic E-state index is 0.472. The van der Waals surface area contributed by atoms with Crippen LogP contribution in [0.15, 0.2) is 30.6 Å². The van der Waals surface area contributed by atoms with Gasteiger partial charge in [-0.05, 0) is 12.1 Å². The van der Waals surface area contributed by atoms with Crippen LogP contribution in [-0.4, -0.2) is 44.4 Å². The minimum Gasteiger partial charge on any atom is -0.491 e. The van der Waals surface area contributed by atoms with Crippen LogP contribution in [0.25, 0.3) is 11.3 Å². The fourth-order valence-corrected chi connectivity index (χ4v) is 1.96. The van der Waals surface area contributed by atoms with Crippen molar-refractivity contribution < 1.29 is 14.2 Å². The monoisotopic (exact) mass is 289 g/mol. The molecule has 0 bridgehead atoms. The highest BCUT2D eigenvalue weighted by Crippen LogP contribution is 2.37. The number of hydrogen-bond donors (Lipinski definition) is 1. The number of nitrogens with zero attached hydrogens (tertiary/aromatic N) is 2. The van der Waals surface area contributed by atoms with Crippen molar-refractivity contribution in [2.45, 2.75) is 0 Å². The highest BCUT2D eigenvalue weighted by atomic mass is 16.5. The lowest BCUT2D eigenvalue weighted by Crippen LogP contribution is -2.06. The summed E-state index contributed by atoms with van der Waals surface area (Å²) in [4.78, 5) is 8.48. The molecule has 112 valence electrons. The average Bonchev–Trinajstić information content (AvgIpc) is 2.54. The Morgan fingerprint density at radius 3 is 2.62 bits per heavy atom. The van der Waals surface area contributed by atoms with Crippen LogP contribution in [0, 0.1) is 0 Å². The Labute approximate surface area is 124 Å². The van der Waals surface area contributed by atoms with Gasteiger partial charge in [0, 0.05) is 19.7 Å². The van der Waals surface area contributed by atoms with Crippen LogP contribution in [0.5, 0.6) is 11.5 Å². The molecule has 0 aliphatic rings. The molecule has 2 rings (SSSR count). The third-order valence-electron chi connectivity index (χ3n) is 2.93. The van der Waals surface area contributed by atoms with Gasteiger partial charge < -0.3 is 19.5 Å². The number of anilines is 1. The topological polar surface area (TPSA) is 65.5 Å². The Bertz CT molecular complexity index is 590. The molecule has 0 radical (unpaired) electrons. The van der Waals surface area contributed by atoms with Crippen LogP contribution >= 0.6 is 0 Å². The molecule has 6 heteroatoms. The zero-order chi connectivity index (χ0) is 15.1. The normalized spacial score (nSPS) is 10.2. The van der Waals surface area contributed by atoms with E-state index in [1.807, 2.05) is 24.3 Å². The molecular weight excluding hydrogens is 270 g/mol. The van der Waals surface area contributed by atoms with Crippen molar-refractivity contribution in [1.82, 2.24) is 9.97 Å². The number of benzene rings is 1. The van der Waals surface area contributed by atoms with Crippen LogP contribution in [-0.2, 0) is 4.74 Å². The molecule has 1 N–H and O–H groups in total. The largest absolute Gasteiger partial charge is 0.491 e. The van der Waals surface area contributed by atoms with E-state index in [0.29, 0.717) is 30.5 Å². The van der Waals surface area contributed by atoms with Crippen LogP contribution in [0.3, 0.4) is 0 Å². The van der Waals surface area contributed by atoms with E-state index in [1.165, 1.54) is 6.33 Å². The quantitative estimate of drug-likeness (QED) is 0.788. The number of ether oxygens (including phenoxy) is 3. The van der Waals surface area contributed by atoms with Crippen molar-refractivity contribution in [1.29, 1.82) is 0 Å². The fraction of sp³-hybridized carbons (Fsp3) is 0.333. The summed E-state index contributed by atoms with van der Waals surface area (Å²) in [6.07, 6.45) is 1.50. The highest BCUT2D eigenvalue weighted by molar-refractivity contribution is 5.76. The van der Waals surface area contributed by atoms with Crippen molar-refractivity contribution in [2.24, 2.45) is 0 Å². The van der Waals surface area contributed by atoms with Gasteiger partial charge in [-0.15, -0.1) is 0 Å². The second kappa shape index (κ2) is 7.44. The summed E-state index contributed by atoms with van der Waals surface area (Å²) in [5.74, 6) is 1.95. The Kier molecular flexibility index (Phi) is 5.34. The smallest absolute Gasteiger partial charge is 0.187 e. The van der Waals surface area contributed by atoms with Crippen molar-refractivity contribution >= 4 is 5.82 Å². The Morgan fingerprint density at radius 2 is 1.90 bits per heavy atom. The molecule has 2 aromatic rings. The summed E-state index contributed by atoms with van der Waals surface area (Å²) in [5, 5.41) is 2.99. The van der Waals surface area contributed by atoms with E-state index in [4.69, 9.17) is 14.2 Å². The second-order valence-electron chi connectivity index (χ2n) is 4.19. The van der Waals surface area contributed by atoms with Crippen molar-refractivity contribution in [3.8, 4) is 22.8 Å². The number of para-hydroxylation sites is 1. The van der Waals surface area contributed by atoms with E-state index in [-0.39, 0.29) is 0 Å². The van der Waals surface area contributed by atoms with Crippen molar-refractivity contribution in [3.63, 3.8) is 0 Å². The van der Waals surface area contributed by atoms with Crippen molar-refractivity contribution in [2.75, 3.05) is 39.8 Å². The Hall–Kier alpha value is -2.34. The van der Waals surface area contributed by atoms with Crippen LogP contribution in [0.1, 0.15) is 0 Å². The molecule has 0 aliphatic heterocycles. The average molecular weight is 289 g/mol. The maximum Gasteiger partial charge on any atom is 0.187 e. The molecule has 0 aliphatic carbocycles. The fourth-order valence-electron chi connectivity index (χ4n) is 1.96. The molecule has 1 aromatic carbocycles. The van der Waals surface area contributed by atoms with Gasteiger partial charge in [0.05, 0.1) is 13.7 Å². The maximum atomic E-state index is 5.74. The Morgan fingerprint density at radius 1 is 1.10 bits per heavy atom. The van der Waals surface area contributed by atoms with Gasteiger partial charge in [0.1, 0.15) is 24.4 Å². The number of rotatable bonds is 7. The third-order valence-corrected chi connectivity index (χ3v) is 2.93. The minimum absolute atomic E-state index is 0.472. The molecule has 1 aromatic heterocycles. The highest BCUT2D eigenvalue weighted by Gasteiger charge is 2.16. The summed E-state index contributed by atoms with van der Waals surface area (Å²) in [6, 6.07) is 7.68. The van der Waals surface area contributed by atoms with Gasteiger partial charge in [-0.25, -0.2) is 9.97 Å². The molecule has 0 saturated carbocycles.